The molecule has 2 aromatic carbocycles. The second kappa shape index (κ2) is 7.21. The molecule has 0 saturated carbocycles. The van der Waals surface area contributed by atoms with Gasteiger partial charge in [0.25, 0.3) is 0 Å². The minimum absolute atomic E-state index is 0.0272. The first-order valence-corrected chi connectivity index (χ1v) is 7.96. The van der Waals surface area contributed by atoms with Crippen molar-refractivity contribution in [3.05, 3.63) is 71.8 Å². The maximum Gasteiger partial charge on any atom is 0.304 e. The molecule has 1 unspecified atom stereocenters. The summed E-state index contributed by atoms with van der Waals surface area (Å²) in [4.78, 5) is 11.2. The molecule has 4 nitrogen and oxygen atoms in total. The molecule has 0 amide bonds. The molecule has 0 radical (unpaired) electrons. The predicted octanol–water partition coefficient (Wildman–Crippen LogP) is 4.16. The van der Waals surface area contributed by atoms with E-state index < -0.39 is 5.97 Å². The Hall–Kier alpha value is -2.75. The Morgan fingerprint density at radius 3 is 2.79 bits per heavy atom. The molecule has 0 saturated heterocycles. The van der Waals surface area contributed by atoms with Gasteiger partial charge in [0.05, 0.1) is 13.0 Å². The SMILES string of the molecule is C=C1CCOc2cc(OCc3ccccc3)ccc2C1CC(=O)O. The molecule has 0 aromatic heterocycles. The van der Waals surface area contributed by atoms with Gasteiger partial charge in [-0.2, -0.15) is 0 Å². The van der Waals surface area contributed by atoms with Crippen molar-refractivity contribution in [3.8, 4) is 11.5 Å². The summed E-state index contributed by atoms with van der Waals surface area (Å²) < 4.78 is 11.6. The van der Waals surface area contributed by atoms with E-state index in [-0.39, 0.29) is 12.3 Å². The molecule has 2 aromatic rings. The maximum absolute atomic E-state index is 11.2. The molecular formula is C20H20O4. The minimum Gasteiger partial charge on any atom is -0.493 e. The van der Waals surface area contributed by atoms with Crippen LogP contribution in [-0.2, 0) is 11.4 Å². The van der Waals surface area contributed by atoms with Crippen LogP contribution in [0.2, 0.25) is 0 Å². The Morgan fingerprint density at radius 2 is 2.04 bits per heavy atom. The monoisotopic (exact) mass is 324 g/mol. The van der Waals surface area contributed by atoms with Gasteiger partial charge in [-0.05, 0) is 11.6 Å². The first-order chi connectivity index (χ1) is 11.6. The molecule has 0 spiro atoms. The lowest BCUT2D eigenvalue weighted by molar-refractivity contribution is -0.137. The van der Waals surface area contributed by atoms with E-state index >= 15 is 0 Å². The van der Waals surface area contributed by atoms with Crippen LogP contribution in [0.25, 0.3) is 0 Å². The number of hydrogen-bond donors (Lipinski definition) is 1. The first kappa shape index (κ1) is 16.1. The van der Waals surface area contributed by atoms with E-state index in [0.717, 1.165) is 16.7 Å². The van der Waals surface area contributed by atoms with Crippen LogP contribution in [0.3, 0.4) is 0 Å². The van der Waals surface area contributed by atoms with Crippen LogP contribution in [0.1, 0.15) is 29.9 Å². The van der Waals surface area contributed by atoms with Crippen LogP contribution in [0.15, 0.2) is 60.7 Å². The summed E-state index contributed by atoms with van der Waals surface area (Å²) in [5.41, 5.74) is 2.85. The third-order valence-corrected chi connectivity index (χ3v) is 4.16. The fourth-order valence-electron chi connectivity index (χ4n) is 2.87. The summed E-state index contributed by atoms with van der Waals surface area (Å²) in [5, 5.41) is 9.16. The van der Waals surface area contributed by atoms with Crippen LogP contribution in [0.5, 0.6) is 11.5 Å². The van der Waals surface area contributed by atoms with Crippen molar-refractivity contribution in [2.24, 2.45) is 0 Å². The Bertz CT molecular complexity index is 737. The van der Waals surface area contributed by atoms with Gasteiger partial charge in [-0.1, -0.05) is 48.6 Å². The molecule has 1 heterocycles. The van der Waals surface area contributed by atoms with Crippen molar-refractivity contribution in [1.82, 2.24) is 0 Å². The van der Waals surface area contributed by atoms with Crippen LogP contribution < -0.4 is 9.47 Å². The second-order valence-electron chi connectivity index (χ2n) is 5.88. The average molecular weight is 324 g/mol. The topological polar surface area (TPSA) is 55.8 Å². The smallest absolute Gasteiger partial charge is 0.304 e. The van der Waals surface area contributed by atoms with E-state index in [1.165, 1.54) is 0 Å². The van der Waals surface area contributed by atoms with E-state index in [0.29, 0.717) is 31.1 Å². The average Bonchev–Trinajstić information content (AvgIpc) is 2.73. The molecule has 0 fully saturated rings. The van der Waals surface area contributed by atoms with Crippen molar-refractivity contribution >= 4 is 5.97 Å². The van der Waals surface area contributed by atoms with E-state index in [2.05, 4.69) is 6.58 Å². The van der Waals surface area contributed by atoms with Gasteiger partial charge < -0.3 is 14.6 Å². The zero-order valence-electron chi connectivity index (χ0n) is 13.4. The van der Waals surface area contributed by atoms with Crippen LogP contribution in [0.4, 0.5) is 0 Å². The predicted molar refractivity (Wildman–Crippen MR) is 91.5 cm³/mol. The molecule has 1 aliphatic heterocycles. The third-order valence-electron chi connectivity index (χ3n) is 4.16. The Morgan fingerprint density at radius 1 is 1.25 bits per heavy atom. The van der Waals surface area contributed by atoms with E-state index in [1.807, 2.05) is 48.5 Å². The number of aliphatic carboxylic acids is 1. The number of carboxylic acid groups (broad SMARTS) is 1. The van der Waals surface area contributed by atoms with Crippen molar-refractivity contribution in [2.75, 3.05) is 6.61 Å². The minimum atomic E-state index is -0.835. The molecule has 0 bridgehead atoms. The highest BCUT2D eigenvalue weighted by atomic mass is 16.5. The zero-order valence-corrected chi connectivity index (χ0v) is 13.4. The summed E-state index contributed by atoms with van der Waals surface area (Å²) >= 11 is 0. The summed E-state index contributed by atoms with van der Waals surface area (Å²) in [6, 6.07) is 15.5. The molecule has 4 heteroatoms. The fourth-order valence-corrected chi connectivity index (χ4v) is 2.87. The van der Waals surface area contributed by atoms with Crippen molar-refractivity contribution in [3.63, 3.8) is 0 Å². The van der Waals surface area contributed by atoms with Crippen LogP contribution in [-0.4, -0.2) is 17.7 Å². The van der Waals surface area contributed by atoms with Gasteiger partial charge >= 0.3 is 5.97 Å². The summed E-state index contributed by atoms with van der Waals surface area (Å²) in [6.07, 6.45) is 0.687. The normalized spacial score (nSPS) is 16.7. The lowest BCUT2D eigenvalue weighted by Gasteiger charge is -2.17. The first-order valence-electron chi connectivity index (χ1n) is 7.96. The number of carbonyl (C=O) groups is 1. The highest BCUT2D eigenvalue weighted by Gasteiger charge is 2.25. The number of fused-ring (bicyclic) bond motifs is 1. The lowest BCUT2D eigenvalue weighted by atomic mass is 9.87. The molecule has 3 rings (SSSR count). The molecule has 0 aliphatic carbocycles. The number of carboxylic acids is 1. The van der Waals surface area contributed by atoms with Crippen molar-refractivity contribution < 1.29 is 19.4 Å². The fraction of sp³-hybridized carbons (Fsp3) is 0.250. The molecule has 24 heavy (non-hydrogen) atoms. The summed E-state index contributed by atoms with van der Waals surface area (Å²) in [7, 11) is 0. The van der Waals surface area contributed by atoms with Gasteiger partial charge in [-0.25, -0.2) is 0 Å². The zero-order chi connectivity index (χ0) is 16.9. The molecule has 1 aliphatic rings. The standard InChI is InChI=1S/C20H20O4/c1-14-9-10-23-19-11-16(24-13-15-5-3-2-4-6-15)7-8-17(19)18(14)12-20(21)22/h2-8,11,18H,1,9-10,12-13H2,(H,21,22). The Kier molecular flexibility index (Phi) is 4.85. The molecular weight excluding hydrogens is 304 g/mol. The van der Waals surface area contributed by atoms with E-state index in [4.69, 9.17) is 14.6 Å². The molecule has 124 valence electrons. The lowest BCUT2D eigenvalue weighted by Crippen LogP contribution is -2.08. The van der Waals surface area contributed by atoms with E-state index in [1.54, 1.807) is 0 Å². The largest absolute Gasteiger partial charge is 0.493 e. The van der Waals surface area contributed by atoms with Gasteiger partial charge in [0.1, 0.15) is 18.1 Å². The number of ether oxygens (including phenoxy) is 2. The number of hydrogen-bond acceptors (Lipinski definition) is 3. The highest BCUT2D eigenvalue weighted by Crippen LogP contribution is 2.39. The van der Waals surface area contributed by atoms with E-state index in [9.17, 15) is 4.79 Å². The van der Waals surface area contributed by atoms with Gasteiger partial charge in [0, 0.05) is 24.0 Å². The molecule has 1 atom stereocenters. The third kappa shape index (κ3) is 3.77. The maximum atomic E-state index is 11.2. The molecule has 1 N–H and O–H groups in total. The summed E-state index contributed by atoms with van der Waals surface area (Å²) in [5.74, 6) is 0.339. The van der Waals surface area contributed by atoms with Crippen molar-refractivity contribution in [2.45, 2.75) is 25.4 Å². The van der Waals surface area contributed by atoms with Gasteiger partial charge in [-0.3, -0.25) is 4.79 Å². The Labute approximate surface area is 141 Å². The number of rotatable bonds is 5. The van der Waals surface area contributed by atoms with Gasteiger partial charge in [-0.15, -0.1) is 0 Å². The van der Waals surface area contributed by atoms with Gasteiger partial charge in [0.15, 0.2) is 0 Å². The van der Waals surface area contributed by atoms with Gasteiger partial charge in [0.2, 0.25) is 0 Å². The van der Waals surface area contributed by atoms with Crippen LogP contribution >= 0.6 is 0 Å². The van der Waals surface area contributed by atoms with Crippen molar-refractivity contribution in [1.29, 1.82) is 0 Å². The van der Waals surface area contributed by atoms with Crippen LogP contribution in [0, 0.1) is 0 Å². The second-order valence-corrected chi connectivity index (χ2v) is 5.88. The Balaban J connectivity index is 1.80. The number of benzene rings is 2. The highest BCUT2D eigenvalue weighted by molar-refractivity contribution is 5.69. The quantitative estimate of drug-likeness (QED) is 0.839. The summed E-state index contributed by atoms with van der Waals surface area (Å²) in [6.45, 7) is 5.01.